The predicted molar refractivity (Wildman–Crippen MR) is 86.4 cm³/mol. The topological polar surface area (TPSA) is 66.8 Å². The number of aryl methyl sites for hydroxylation is 1. The van der Waals surface area contributed by atoms with Gasteiger partial charge in [-0.1, -0.05) is 0 Å². The lowest BCUT2D eigenvalue weighted by Gasteiger charge is -2.26. The Labute approximate surface area is 132 Å². The Hall–Kier alpha value is -1.41. The van der Waals surface area contributed by atoms with Crippen molar-refractivity contribution in [1.82, 2.24) is 19.9 Å². The molecule has 2 aromatic heterocycles. The molecule has 1 N–H and O–H groups in total. The van der Waals surface area contributed by atoms with Gasteiger partial charge in [-0.3, -0.25) is 0 Å². The Balaban J connectivity index is 1.85. The summed E-state index contributed by atoms with van der Waals surface area (Å²) in [4.78, 5) is 20.2. The van der Waals surface area contributed by atoms with E-state index in [9.17, 15) is 0 Å². The van der Waals surface area contributed by atoms with Crippen molar-refractivity contribution in [3.63, 3.8) is 0 Å². The standard InChI is InChI=1S/C13H18N6S2/c1-9-8-20-13(15-9)21-12-17-10(14-2)16-11(18-12)19-6-4-3-5-7-19/h8H,3-7H2,1-2H3,(H,14,16,17,18). The molecule has 0 bridgehead atoms. The monoisotopic (exact) mass is 322 g/mol. The summed E-state index contributed by atoms with van der Waals surface area (Å²) >= 11 is 3.11. The van der Waals surface area contributed by atoms with E-state index in [1.165, 1.54) is 31.0 Å². The number of piperidine rings is 1. The molecule has 0 spiro atoms. The minimum absolute atomic E-state index is 0.612. The van der Waals surface area contributed by atoms with Crippen molar-refractivity contribution in [2.24, 2.45) is 0 Å². The van der Waals surface area contributed by atoms with Crippen molar-refractivity contribution in [2.45, 2.75) is 35.7 Å². The van der Waals surface area contributed by atoms with Crippen LogP contribution in [-0.2, 0) is 0 Å². The van der Waals surface area contributed by atoms with Crippen LogP contribution in [0.2, 0.25) is 0 Å². The van der Waals surface area contributed by atoms with Gasteiger partial charge in [0, 0.05) is 31.2 Å². The largest absolute Gasteiger partial charge is 0.357 e. The van der Waals surface area contributed by atoms with Gasteiger partial charge in [-0.05, 0) is 37.9 Å². The van der Waals surface area contributed by atoms with Gasteiger partial charge in [0.15, 0.2) is 4.34 Å². The van der Waals surface area contributed by atoms with E-state index in [0.717, 1.165) is 29.1 Å². The van der Waals surface area contributed by atoms with Crippen LogP contribution >= 0.6 is 23.1 Å². The highest BCUT2D eigenvalue weighted by Crippen LogP contribution is 2.29. The molecule has 2 aromatic rings. The van der Waals surface area contributed by atoms with Crippen molar-refractivity contribution in [3.05, 3.63) is 11.1 Å². The second-order valence-corrected chi connectivity index (χ2v) is 6.97. The molecule has 1 aliphatic heterocycles. The normalized spacial score (nSPS) is 15.2. The third kappa shape index (κ3) is 3.62. The van der Waals surface area contributed by atoms with Gasteiger partial charge < -0.3 is 10.2 Å². The Bertz CT molecular complexity index is 608. The molecule has 1 fully saturated rings. The molecule has 6 nitrogen and oxygen atoms in total. The lowest BCUT2D eigenvalue weighted by molar-refractivity contribution is 0.565. The zero-order valence-corrected chi connectivity index (χ0v) is 13.8. The number of thiazole rings is 1. The van der Waals surface area contributed by atoms with Crippen LogP contribution < -0.4 is 10.2 Å². The lowest BCUT2D eigenvalue weighted by atomic mass is 10.1. The summed E-state index contributed by atoms with van der Waals surface area (Å²) in [6.07, 6.45) is 3.70. The van der Waals surface area contributed by atoms with Gasteiger partial charge >= 0.3 is 0 Å². The second-order valence-electron chi connectivity index (χ2n) is 4.90. The van der Waals surface area contributed by atoms with Gasteiger partial charge in [-0.2, -0.15) is 15.0 Å². The van der Waals surface area contributed by atoms with Crippen LogP contribution in [0.1, 0.15) is 25.0 Å². The SMILES string of the molecule is CNc1nc(Sc2nc(C)cs2)nc(N2CCCCC2)n1. The van der Waals surface area contributed by atoms with Gasteiger partial charge in [0.25, 0.3) is 0 Å². The molecule has 21 heavy (non-hydrogen) atoms. The van der Waals surface area contributed by atoms with Crippen molar-refractivity contribution in [2.75, 3.05) is 30.4 Å². The zero-order chi connectivity index (χ0) is 14.7. The average Bonchev–Trinajstić information content (AvgIpc) is 2.93. The molecule has 0 unspecified atom stereocenters. The zero-order valence-electron chi connectivity index (χ0n) is 12.2. The third-order valence-electron chi connectivity index (χ3n) is 3.24. The molecule has 0 radical (unpaired) electrons. The number of nitrogens with zero attached hydrogens (tertiary/aromatic N) is 5. The first-order chi connectivity index (χ1) is 10.2. The van der Waals surface area contributed by atoms with E-state index in [1.807, 2.05) is 19.4 Å². The molecule has 1 saturated heterocycles. The fourth-order valence-corrected chi connectivity index (χ4v) is 3.88. The lowest BCUT2D eigenvalue weighted by Crippen LogP contribution is -2.31. The maximum atomic E-state index is 4.60. The van der Waals surface area contributed by atoms with Crippen LogP contribution in [0.3, 0.4) is 0 Å². The van der Waals surface area contributed by atoms with Crippen LogP contribution in [0.25, 0.3) is 0 Å². The van der Waals surface area contributed by atoms with Gasteiger partial charge in [0.2, 0.25) is 17.1 Å². The Morgan fingerprint density at radius 2 is 1.95 bits per heavy atom. The van der Waals surface area contributed by atoms with E-state index in [1.54, 1.807) is 11.3 Å². The highest BCUT2D eigenvalue weighted by Gasteiger charge is 2.17. The van der Waals surface area contributed by atoms with Crippen molar-refractivity contribution in [3.8, 4) is 0 Å². The maximum absolute atomic E-state index is 4.60. The summed E-state index contributed by atoms with van der Waals surface area (Å²) in [5, 5.41) is 5.75. The minimum atomic E-state index is 0.612. The summed E-state index contributed by atoms with van der Waals surface area (Å²) in [6.45, 7) is 4.04. The summed E-state index contributed by atoms with van der Waals surface area (Å²) in [7, 11) is 1.83. The molecule has 3 heterocycles. The fraction of sp³-hybridized carbons (Fsp3) is 0.538. The van der Waals surface area contributed by atoms with Crippen LogP contribution in [0, 0.1) is 6.92 Å². The first kappa shape index (κ1) is 14.5. The number of hydrogen-bond acceptors (Lipinski definition) is 8. The molecule has 112 valence electrons. The second kappa shape index (κ2) is 6.57. The summed E-state index contributed by atoms with van der Waals surface area (Å²) in [5.74, 6) is 1.38. The third-order valence-corrected chi connectivity index (χ3v) is 5.16. The van der Waals surface area contributed by atoms with Crippen molar-refractivity contribution in [1.29, 1.82) is 0 Å². The molecule has 0 aliphatic carbocycles. The molecule has 3 rings (SSSR count). The number of rotatable bonds is 4. The van der Waals surface area contributed by atoms with E-state index >= 15 is 0 Å². The van der Waals surface area contributed by atoms with E-state index in [4.69, 9.17) is 0 Å². The predicted octanol–water partition coefficient (Wildman–Crippen LogP) is 2.82. The molecule has 0 saturated carbocycles. The molecule has 0 atom stereocenters. The highest BCUT2D eigenvalue weighted by molar-refractivity contribution is 8.00. The minimum Gasteiger partial charge on any atom is -0.357 e. The van der Waals surface area contributed by atoms with E-state index in [-0.39, 0.29) is 0 Å². The first-order valence-corrected chi connectivity index (χ1v) is 8.73. The Morgan fingerprint density at radius 1 is 1.14 bits per heavy atom. The van der Waals surface area contributed by atoms with E-state index < -0.39 is 0 Å². The van der Waals surface area contributed by atoms with Crippen LogP contribution in [-0.4, -0.2) is 40.1 Å². The highest BCUT2D eigenvalue weighted by atomic mass is 32.2. The summed E-state index contributed by atoms with van der Waals surface area (Å²) in [5.41, 5.74) is 1.03. The molecular formula is C13H18N6S2. The van der Waals surface area contributed by atoms with Crippen LogP contribution in [0.4, 0.5) is 11.9 Å². The van der Waals surface area contributed by atoms with Gasteiger partial charge in [0.05, 0.1) is 0 Å². The van der Waals surface area contributed by atoms with Crippen molar-refractivity contribution < 1.29 is 0 Å². The molecule has 0 aromatic carbocycles. The number of hydrogen-bond donors (Lipinski definition) is 1. The number of nitrogens with one attached hydrogen (secondary N) is 1. The van der Waals surface area contributed by atoms with E-state index in [2.05, 4.69) is 30.2 Å². The van der Waals surface area contributed by atoms with Crippen LogP contribution in [0.5, 0.6) is 0 Å². The number of anilines is 2. The molecule has 1 aliphatic rings. The van der Waals surface area contributed by atoms with Gasteiger partial charge in [0.1, 0.15) is 0 Å². The summed E-state index contributed by atoms with van der Waals surface area (Å²) in [6, 6.07) is 0. The Morgan fingerprint density at radius 3 is 2.62 bits per heavy atom. The first-order valence-electron chi connectivity index (χ1n) is 7.03. The average molecular weight is 322 g/mol. The van der Waals surface area contributed by atoms with Gasteiger partial charge in [-0.15, -0.1) is 11.3 Å². The van der Waals surface area contributed by atoms with E-state index in [0.29, 0.717) is 11.1 Å². The Kier molecular flexibility index (Phi) is 4.54. The van der Waals surface area contributed by atoms with Crippen molar-refractivity contribution >= 4 is 35.0 Å². The molecule has 0 amide bonds. The molecular weight excluding hydrogens is 304 g/mol. The van der Waals surface area contributed by atoms with Gasteiger partial charge in [-0.25, -0.2) is 4.98 Å². The van der Waals surface area contributed by atoms with Crippen LogP contribution in [0.15, 0.2) is 14.9 Å². The fourth-order valence-electron chi connectivity index (χ4n) is 2.20. The molecule has 8 heteroatoms. The number of aromatic nitrogens is 4. The maximum Gasteiger partial charge on any atom is 0.231 e. The summed E-state index contributed by atoms with van der Waals surface area (Å²) < 4.78 is 0.963. The smallest absolute Gasteiger partial charge is 0.231 e. The quantitative estimate of drug-likeness (QED) is 0.928.